The highest BCUT2D eigenvalue weighted by Crippen LogP contribution is 2.11. The van der Waals surface area contributed by atoms with Crippen molar-refractivity contribution in [2.45, 2.75) is 33.2 Å². The molecule has 2 heterocycles. The summed E-state index contributed by atoms with van der Waals surface area (Å²) in [6, 6.07) is 14.9. The van der Waals surface area contributed by atoms with E-state index in [2.05, 4.69) is 5.10 Å². The standard InChI is InChI=1S/C23H24N4O3/c1-16-8-10-18(11-9-16)15-26-22(29)20(21(28)25-12-3-4-13-25)24-27(23(26)30)19-7-5-6-17(2)14-19/h5-11,14H,3-4,12-13,15H2,1-2H3. The van der Waals surface area contributed by atoms with E-state index in [9.17, 15) is 14.4 Å². The molecule has 1 fully saturated rings. The van der Waals surface area contributed by atoms with Crippen molar-refractivity contribution >= 4 is 5.91 Å². The molecule has 0 saturated carbocycles. The van der Waals surface area contributed by atoms with Gasteiger partial charge in [0.15, 0.2) is 0 Å². The van der Waals surface area contributed by atoms with Crippen LogP contribution in [0.4, 0.5) is 0 Å². The monoisotopic (exact) mass is 404 g/mol. The van der Waals surface area contributed by atoms with Gasteiger partial charge in [0.05, 0.1) is 12.2 Å². The smallest absolute Gasteiger partial charge is 0.337 e. The van der Waals surface area contributed by atoms with E-state index >= 15 is 0 Å². The molecule has 0 radical (unpaired) electrons. The second kappa shape index (κ2) is 8.10. The van der Waals surface area contributed by atoms with Crippen molar-refractivity contribution in [3.63, 3.8) is 0 Å². The topological polar surface area (TPSA) is 77.2 Å². The fourth-order valence-electron chi connectivity index (χ4n) is 3.66. The van der Waals surface area contributed by atoms with Crippen LogP contribution >= 0.6 is 0 Å². The summed E-state index contributed by atoms with van der Waals surface area (Å²) in [6.07, 6.45) is 1.81. The van der Waals surface area contributed by atoms with Crippen molar-refractivity contribution in [1.29, 1.82) is 0 Å². The number of carbonyl (C=O) groups excluding carboxylic acids is 1. The van der Waals surface area contributed by atoms with Gasteiger partial charge in [0.25, 0.3) is 11.5 Å². The molecular weight excluding hydrogens is 380 g/mol. The minimum atomic E-state index is -0.652. The third-order valence-corrected chi connectivity index (χ3v) is 5.36. The Kier molecular flexibility index (Phi) is 5.35. The van der Waals surface area contributed by atoms with Gasteiger partial charge in [-0.15, -0.1) is 0 Å². The maximum Gasteiger partial charge on any atom is 0.352 e. The Bertz CT molecular complexity index is 1200. The molecule has 3 aromatic rings. The highest BCUT2D eigenvalue weighted by atomic mass is 16.2. The zero-order valence-electron chi connectivity index (χ0n) is 17.2. The van der Waals surface area contributed by atoms with E-state index in [4.69, 9.17) is 0 Å². The minimum Gasteiger partial charge on any atom is -0.337 e. The zero-order chi connectivity index (χ0) is 21.3. The van der Waals surface area contributed by atoms with Gasteiger partial charge in [0.1, 0.15) is 0 Å². The predicted octanol–water partition coefficient (Wildman–Crippen LogP) is 2.30. The quantitative estimate of drug-likeness (QED) is 0.669. The molecule has 0 spiro atoms. The maximum atomic E-state index is 13.2. The Morgan fingerprint density at radius 3 is 2.33 bits per heavy atom. The van der Waals surface area contributed by atoms with Crippen molar-refractivity contribution in [3.8, 4) is 5.69 Å². The van der Waals surface area contributed by atoms with Crippen molar-refractivity contribution in [2.75, 3.05) is 13.1 Å². The summed E-state index contributed by atoms with van der Waals surface area (Å²) in [5.74, 6) is -0.420. The normalized spacial score (nSPS) is 13.6. The molecule has 30 heavy (non-hydrogen) atoms. The largest absolute Gasteiger partial charge is 0.352 e. The molecule has 1 aliphatic rings. The molecule has 7 heteroatoms. The lowest BCUT2D eigenvalue weighted by Crippen LogP contribution is -2.46. The van der Waals surface area contributed by atoms with E-state index in [0.717, 1.165) is 38.8 Å². The van der Waals surface area contributed by atoms with E-state index in [0.29, 0.717) is 18.8 Å². The molecule has 1 aliphatic heterocycles. The van der Waals surface area contributed by atoms with Crippen molar-refractivity contribution in [3.05, 3.63) is 91.8 Å². The maximum absolute atomic E-state index is 13.2. The molecule has 0 atom stereocenters. The lowest BCUT2D eigenvalue weighted by molar-refractivity contribution is 0.0781. The predicted molar refractivity (Wildman–Crippen MR) is 114 cm³/mol. The fraction of sp³-hybridized carbons (Fsp3) is 0.304. The van der Waals surface area contributed by atoms with Crippen LogP contribution in [0.1, 0.15) is 40.0 Å². The number of hydrogen-bond acceptors (Lipinski definition) is 4. The Morgan fingerprint density at radius 2 is 1.67 bits per heavy atom. The average molecular weight is 404 g/mol. The number of carbonyl (C=O) groups is 1. The summed E-state index contributed by atoms with van der Waals surface area (Å²) in [4.78, 5) is 41.0. The lowest BCUT2D eigenvalue weighted by Gasteiger charge is -2.17. The second-order valence-corrected chi connectivity index (χ2v) is 7.76. The van der Waals surface area contributed by atoms with Crippen LogP contribution in [-0.4, -0.2) is 38.2 Å². The first-order valence-electron chi connectivity index (χ1n) is 10.1. The van der Waals surface area contributed by atoms with Crippen LogP contribution in [0.3, 0.4) is 0 Å². The summed E-state index contributed by atoms with van der Waals surface area (Å²) in [6.45, 7) is 5.16. The van der Waals surface area contributed by atoms with Crippen LogP contribution < -0.4 is 11.2 Å². The van der Waals surface area contributed by atoms with Gasteiger partial charge in [0.2, 0.25) is 5.69 Å². The summed E-state index contributed by atoms with van der Waals surface area (Å²) < 4.78 is 2.26. The Balaban J connectivity index is 1.88. The molecule has 154 valence electrons. The van der Waals surface area contributed by atoms with Crippen molar-refractivity contribution < 1.29 is 4.79 Å². The number of hydrogen-bond donors (Lipinski definition) is 0. The Hall–Kier alpha value is -3.48. The Labute approximate surface area is 174 Å². The summed E-state index contributed by atoms with van der Waals surface area (Å²) >= 11 is 0. The first-order chi connectivity index (χ1) is 14.4. The van der Waals surface area contributed by atoms with E-state index < -0.39 is 17.2 Å². The molecule has 1 saturated heterocycles. The van der Waals surface area contributed by atoms with Crippen LogP contribution in [0, 0.1) is 13.8 Å². The molecule has 4 rings (SSSR count). The van der Waals surface area contributed by atoms with Crippen LogP contribution in [-0.2, 0) is 6.54 Å². The third-order valence-electron chi connectivity index (χ3n) is 5.36. The van der Waals surface area contributed by atoms with Crippen LogP contribution in [0.5, 0.6) is 0 Å². The van der Waals surface area contributed by atoms with E-state index in [1.165, 1.54) is 0 Å². The number of likely N-dealkylation sites (tertiary alicyclic amines) is 1. The van der Waals surface area contributed by atoms with Gasteiger partial charge in [-0.05, 0) is 49.9 Å². The zero-order valence-corrected chi connectivity index (χ0v) is 17.2. The molecule has 0 bridgehead atoms. The highest BCUT2D eigenvalue weighted by molar-refractivity contribution is 5.92. The number of aryl methyl sites for hydroxylation is 2. The fourth-order valence-corrected chi connectivity index (χ4v) is 3.66. The summed E-state index contributed by atoms with van der Waals surface area (Å²) in [7, 11) is 0. The molecule has 1 amide bonds. The highest BCUT2D eigenvalue weighted by Gasteiger charge is 2.26. The van der Waals surface area contributed by atoms with Gasteiger partial charge in [0, 0.05) is 13.1 Å². The first-order valence-corrected chi connectivity index (χ1v) is 10.1. The average Bonchev–Trinajstić information content (AvgIpc) is 3.27. The van der Waals surface area contributed by atoms with E-state index in [1.54, 1.807) is 17.0 Å². The van der Waals surface area contributed by atoms with Crippen molar-refractivity contribution in [1.82, 2.24) is 19.2 Å². The number of amides is 1. The number of aromatic nitrogens is 3. The summed E-state index contributed by atoms with van der Waals surface area (Å²) in [5, 5.41) is 4.22. The molecule has 0 aliphatic carbocycles. The van der Waals surface area contributed by atoms with Crippen LogP contribution in [0.2, 0.25) is 0 Å². The minimum absolute atomic E-state index is 0.0760. The lowest BCUT2D eigenvalue weighted by atomic mass is 10.1. The van der Waals surface area contributed by atoms with Crippen LogP contribution in [0.25, 0.3) is 5.69 Å². The van der Waals surface area contributed by atoms with Gasteiger partial charge in [-0.3, -0.25) is 14.2 Å². The Morgan fingerprint density at radius 1 is 0.967 bits per heavy atom. The van der Waals surface area contributed by atoms with E-state index in [-0.39, 0.29) is 12.2 Å². The SMILES string of the molecule is Cc1ccc(Cn2c(=O)c(C(=O)N3CCCC3)nn(-c3cccc(C)c3)c2=O)cc1. The number of rotatable bonds is 4. The molecule has 0 unspecified atom stereocenters. The van der Waals surface area contributed by atoms with Crippen LogP contribution in [0.15, 0.2) is 58.1 Å². The van der Waals surface area contributed by atoms with E-state index in [1.807, 2.05) is 50.2 Å². The molecule has 2 aromatic carbocycles. The van der Waals surface area contributed by atoms with Gasteiger partial charge >= 0.3 is 5.69 Å². The molecule has 0 N–H and O–H groups in total. The van der Waals surface area contributed by atoms with Gasteiger partial charge in [-0.1, -0.05) is 42.0 Å². The second-order valence-electron chi connectivity index (χ2n) is 7.76. The van der Waals surface area contributed by atoms with Gasteiger partial charge in [-0.2, -0.15) is 9.78 Å². The summed E-state index contributed by atoms with van der Waals surface area (Å²) in [5.41, 5.74) is 1.93. The number of nitrogens with zero attached hydrogens (tertiary/aromatic N) is 4. The van der Waals surface area contributed by atoms with Crippen molar-refractivity contribution in [2.24, 2.45) is 0 Å². The molecular formula is C23H24N4O3. The third kappa shape index (κ3) is 3.83. The molecule has 1 aromatic heterocycles. The number of benzene rings is 2. The first kappa shape index (κ1) is 19.8. The van der Waals surface area contributed by atoms with Gasteiger partial charge < -0.3 is 4.90 Å². The molecule has 7 nitrogen and oxygen atoms in total. The van der Waals surface area contributed by atoms with Gasteiger partial charge in [-0.25, -0.2) is 4.79 Å².